The molecule has 10 heteroatoms. The van der Waals surface area contributed by atoms with Gasteiger partial charge in [-0.2, -0.15) is 0 Å². The van der Waals surface area contributed by atoms with Crippen LogP contribution in [-0.4, -0.2) is 89.0 Å². The van der Waals surface area contributed by atoms with E-state index in [1.807, 2.05) is 0 Å². The standard InChI is InChI=1S/C42H76O10/c1-3-5-7-9-11-13-15-17-18-19-21-22-24-26-28-30-37(44)49-33-35(34-50-42-41(48)40(47)39(46)36(32-43)52-42)51-38(45)31-29-27-25-23-20-16-14-12-10-8-6-4-2/h12,14,19,21,35-36,39-43,46-48H,3-11,13,15-18,20,22-34H2,1-2H3/b14-12+,21-19+/t35-,36-,39+,40?,41?,42-/m0/s1. The molecule has 1 rings (SSSR count). The van der Waals surface area contributed by atoms with Crippen molar-refractivity contribution in [1.82, 2.24) is 0 Å². The number of carbonyl (C=O) groups is 2. The quantitative estimate of drug-likeness (QED) is 0.0289. The fraction of sp³-hybridized carbons (Fsp3) is 0.857. The SMILES string of the molecule is CCCCC/C=C/CCCCCCCC(=O)O[C@@H](COC(=O)CCCCC/C=C/CCCCCCCCCC)CO[C@H]1O[C@@H](CO)[C@@H](O)C(O)C1O. The van der Waals surface area contributed by atoms with Gasteiger partial charge in [0.25, 0.3) is 0 Å². The van der Waals surface area contributed by atoms with Crippen LogP contribution in [0.5, 0.6) is 0 Å². The first-order valence-corrected chi connectivity index (χ1v) is 20.9. The van der Waals surface area contributed by atoms with Gasteiger partial charge in [0, 0.05) is 12.8 Å². The minimum absolute atomic E-state index is 0.218. The zero-order valence-corrected chi connectivity index (χ0v) is 32.8. The van der Waals surface area contributed by atoms with Gasteiger partial charge in [0.1, 0.15) is 31.0 Å². The average Bonchev–Trinajstić information content (AvgIpc) is 3.14. The van der Waals surface area contributed by atoms with Crippen molar-refractivity contribution < 1.29 is 49.0 Å². The summed E-state index contributed by atoms with van der Waals surface area (Å²) in [6.07, 6.45) is 27.6. The Kier molecular flexibility index (Phi) is 31.3. The summed E-state index contributed by atoms with van der Waals surface area (Å²) >= 11 is 0. The van der Waals surface area contributed by atoms with Crippen LogP contribution in [0, 0.1) is 0 Å². The highest BCUT2D eigenvalue weighted by atomic mass is 16.7. The largest absolute Gasteiger partial charge is 0.462 e. The van der Waals surface area contributed by atoms with Crippen LogP contribution in [-0.2, 0) is 28.5 Å². The second-order valence-electron chi connectivity index (χ2n) is 14.4. The first-order chi connectivity index (χ1) is 25.3. The van der Waals surface area contributed by atoms with Gasteiger partial charge in [-0.15, -0.1) is 0 Å². The van der Waals surface area contributed by atoms with Crippen LogP contribution in [0.15, 0.2) is 24.3 Å². The summed E-state index contributed by atoms with van der Waals surface area (Å²) in [7, 11) is 0. The molecule has 0 aromatic carbocycles. The molecule has 1 heterocycles. The van der Waals surface area contributed by atoms with Gasteiger partial charge in [-0.25, -0.2) is 0 Å². The van der Waals surface area contributed by atoms with Crippen molar-refractivity contribution >= 4 is 11.9 Å². The van der Waals surface area contributed by atoms with Gasteiger partial charge in [0.15, 0.2) is 12.4 Å². The zero-order chi connectivity index (χ0) is 38.1. The molecule has 6 atom stereocenters. The lowest BCUT2D eigenvalue weighted by Gasteiger charge is -2.39. The third kappa shape index (κ3) is 25.2. The maximum atomic E-state index is 12.7. The van der Waals surface area contributed by atoms with Crippen LogP contribution >= 0.6 is 0 Å². The van der Waals surface area contributed by atoms with E-state index < -0.39 is 55.4 Å². The summed E-state index contributed by atoms with van der Waals surface area (Å²) in [6.45, 7) is 3.36. The number of unbranched alkanes of at least 4 members (excludes halogenated alkanes) is 19. The molecule has 1 fully saturated rings. The van der Waals surface area contributed by atoms with E-state index >= 15 is 0 Å². The first-order valence-electron chi connectivity index (χ1n) is 20.9. The molecule has 0 aromatic rings. The molecular weight excluding hydrogens is 664 g/mol. The van der Waals surface area contributed by atoms with Crippen LogP contribution < -0.4 is 0 Å². The van der Waals surface area contributed by atoms with E-state index in [1.165, 1.54) is 70.6 Å². The van der Waals surface area contributed by atoms with Crippen molar-refractivity contribution in [3.63, 3.8) is 0 Å². The van der Waals surface area contributed by atoms with Gasteiger partial charge in [-0.3, -0.25) is 9.59 Å². The molecule has 0 aliphatic carbocycles. The fourth-order valence-corrected chi connectivity index (χ4v) is 6.18. The number of aliphatic hydroxyl groups excluding tert-OH is 4. The lowest BCUT2D eigenvalue weighted by molar-refractivity contribution is -0.305. The number of carbonyl (C=O) groups excluding carboxylic acids is 2. The monoisotopic (exact) mass is 741 g/mol. The Morgan fingerprint density at radius 3 is 1.56 bits per heavy atom. The molecule has 0 aromatic heterocycles. The van der Waals surface area contributed by atoms with E-state index in [2.05, 4.69) is 38.2 Å². The Bertz CT molecular complexity index is 907. The van der Waals surface area contributed by atoms with Gasteiger partial charge >= 0.3 is 11.9 Å². The van der Waals surface area contributed by atoms with E-state index in [4.69, 9.17) is 18.9 Å². The predicted octanol–water partition coefficient (Wildman–Crippen LogP) is 8.16. The van der Waals surface area contributed by atoms with Crippen molar-refractivity contribution in [1.29, 1.82) is 0 Å². The van der Waals surface area contributed by atoms with E-state index in [1.54, 1.807) is 0 Å². The average molecular weight is 741 g/mol. The van der Waals surface area contributed by atoms with Crippen molar-refractivity contribution in [3.8, 4) is 0 Å². The Balaban J connectivity index is 2.37. The molecule has 52 heavy (non-hydrogen) atoms. The highest BCUT2D eigenvalue weighted by Crippen LogP contribution is 2.22. The lowest BCUT2D eigenvalue weighted by Crippen LogP contribution is -2.59. The van der Waals surface area contributed by atoms with Crippen LogP contribution in [0.25, 0.3) is 0 Å². The molecule has 1 aliphatic heterocycles. The van der Waals surface area contributed by atoms with Gasteiger partial charge in [-0.05, 0) is 64.2 Å². The highest BCUT2D eigenvalue weighted by Gasteiger charge is 2.44. The van der Waals surface area contributed by atoms with Crippen molar-refractivity contribution in [2.75, 3.05) is 19.8 Å². The van der Waals surface area contributed by atoms with E-state index in [0.717, 1.165) is 64.2 Å². The summed E-state index contributed by atoms with van der Waals surface area (Å²) < 4.78 is 22.1. The van der Waals surface area contributed by atoms with E-state index in [-0.39, 0.29) is 26.1 Å². The number of ether oxygens (including phenoxy) is 4. The number of allylic oxidation sites excluding steroid dienone is 4. The number of hydrogen-bond donors (Lipinski definition) is 4. The number of hydrogen-bond acceptors (Lipinski definition) is 10. The van der Waals surface area contributed by atoms with Gasteiger partial charge in [0.2, 0.25) is 0 Å². The molecule has 2 unspecified atom stereocenters. The Hall–Kier alpha value is -1.82. The molecule has 1 aliphatic rings. The topological polar surface area (TPSA) is 152 Å². The molecule has 4 N–H and O–H groups in total. The van der Waals surface area contributed by atoms with Crippen molar-refractivity contribution in [2.45, 2.75) is 211 Å². The van der Waals surface area contributed by atoms with Gasteiger partial charge in [0.05, 0.1) is 13.2 Å². The minimum atomic E-state index is -1.60. The summed E-state index contributed by atoms with van der Waals surface area (Å²) in [5.74, 6) is -0.834. The summed E-state index contributed by atoms with van der Waals surface area (Å²) in [6, 6.07) is 0. The van der Waals surface area contributed by atoms with Crippen molar-refractivity contribution in [3.05, 3.63) is 24.3 Å². The molecule has 0 amide bonds. The second-order valence-corrected chi connectivity index (χ2v) is 14.4. The Labute approximate surface area is 315 Å². The normalized spacial score (nSPS) is 21.2. The van der Waals surface area contributed by atoms with Gasteiger partial charge < -0.3 is 39.4 Å². The first kappa shape index (κ1) is 48.2. The van der Waals surface area contributed by atoms with Crippen LogP contribution in [0.4, 0.5) is 0 Å². The van der Waals surface area contributed by atoms with Gasteiger partial charge in [-0.1, -0.05) is 122 Å². The second kappa shape index (κ2) is 33.7. The number of esters is 2. The van der Waals surface area contributed by atoms with Crippen molar-refractivity contribution in [2.24, 2.45) is 0 Å². The number of aliphatic hydroxyl groups is 4. The predicted molar refractivity (Wildman–Crippen MR) is 206 cm³/mol. The van der Waals surface area contributed by atoms with Crippen LogP contribution in [0.3, 0.4) is 0 Å². The smallest absolute Gasteiger partial charge is 0.306 e. The Morgan fingerprint density at radius 2 is 1.02 bits per heavy atom. The van der Waals surface area contributed by atoms with E-state index in [0.29, 0.717) is 12.8 Å². The van der Waals surface area contributed by atoms with E-state index in [9.17, 15) is 30.0 Å². The zero-order valence-electron chi connectivity index (χ0n) is 32.8. The van der Waals surface area contributed by atoms with Crippen LogP contribution in [0.2, 0.25) is 0 Å². The number of rotatable bonds is 34. The molecule has 304 valence electrons. The molecule has 0 spiro atoms. The van der Waals surface area contributed by atoms with Crippen LogP contribution in [0.1, 0.15) is 174 Å². The summed E-state index contributed by atoms with van der Waals surface area (Å²) in [5.41, 5.74) is 0. The maximum absolute atomic E-state index is 12.7. The summed E-state index contributed by atoms with van der Waals surface area (Å²) in [4.78, 5) is 25.2. The molecular formula is C42H76O10. The summed E-state index contributed by atoms with van der Waals surface area (Å²) in [5, 5.41) is 39.9. The molecule has 10 nitrogen and oxygen atoms in total. The maximum Gasteiger partial charge on any atom is 0.306 e. The molecule has 0 bridgehead atoms. The highest BCUT2D eigenvalue weighted by molar-refractivity contribution is 5.70. The lowest BCUT2D eigenvalue weighted by atomic mass is 9.99. The Morgan fingerprint density at radius 1 is 0.577 bits per heavy atom. The fourth-order valence-electron chi connectivity index (χ4n) is 6.18. The molecule has 0 radical (unpaired) electrons. The third-order valence-corrected chi connectivity index (χ3v) is 9.56. The minimum Gasteiger partial charge on any atom is -0.462 e. The third-order valence-electron chi connectivity index (χ3n) is 9.56. The molecule has 0 saturated carbocycles. The molecule has 1 saturated heterocycles.